The lowest BCUT2D eigenvalue weighted by atomic mass is 10.1. The molecule has 2 heterocycles. The zero-order valence-electron chi connectivity index (χ0n) is 10.7. The number of benzene rings is 1. The Morgan fingerprint density at radius 1 is 1.26 bits per heavy atom. The molecule has 2 aromatic heterocycles. The summed E-state index contributed by atoms with van der Waals surface area (Å²) in [4.78, 5) is 31.4. The van der Waals surface area contributed by atoms with Crippen LogP contribution in [0, 0.1) is 6.92 Å². The van der Waals surface area contributed by atoms with Gasteiger partial charge in [-0.05, 0) is 26.0 Å². The average Bonchev–Trinajstić information content (AvgIpc) is 2.38. The summed E-state index contributed by atoms with van der Waals surface area (Å²) in [7, 11) is 0. The first-order valence-electron chi connectivity index (χ1n) is 6.15. The molecule has 3 rings (SSSR count). The molecule has 1 aromatic carbocycles. The van der Waals surface area contributed by atoms with E-state index in [1.165, 1.54) is 0 Å². The summed E-state index contributed by atoms with van der Waals surface area (Å²) in [6.07, 6.45) is 0. The van der Waals surface area contributed by atoms with Crippen molar-refractivity contribution < 1.29 is 0 Å². The van der Waals surface area contributed by atoms with E-state index in [2.05, 4.69) is 9.97 Å². The molecule has 0 saturated heterocycles. The average molecular weight is 255 g/mol. The SMILES string of the molecule is CCn1c2ccccc2c(=O)c2c(=O)[nH]c(C)nc21. The Balaban J connectivity index is 2.75. The first kappa shape index (κ1) is 11.6. The highest BCUT2D eigenvalue weighted by Crippen LogP contribution is 2.15. The molecule has 0 saturated carbocycles. The molecule has 0 radical (unpaired) electrons. The second-order valence-corrected chi connectivity index (χ2v) is 4.44. The van der Waals surface area contributed by atoms with Gasteiger partial charge in [-0.1, -0.05) is 12.1 Å². The first-order valence-corrected chi connectivity index (χ1v) is 6.15. The molecule has 0 fully saturated rings. The Hall–Kier alpha value is -2.43. The van der Waals surface area contributed by atoms with E-state index in [9.17, 15) is 9.59 Å². The van der Waals surface area contributed by atoms with Gasteiger partial charge in [0.2, 0.25) is 5.43 Å². The zero-order valence-corrected chi connectivity index (χ0v) is 10.7. The van der Waals surface area contributed by atoms with Crippen LogP contribution in [0.25, 0.3) is 21.9 Å². The minimum absolute atomic E-state index is 0.131. The number of pyridine rings is 1. The van der Waals surface area contributed by atoms with Crippen molar-refractivity contribution in [2.75, 3.05) is 0 Å². The predicted molar refractivity (Wildman–Crippen MR) is 74.5 cm³/mol. The molecule has 96 valence electrons. The third kappa shape index (κ3) is 1.58. The van der Waals surface area contributed by atoms with E-state index in [1.807, 2.05) is 23.6 Å². The van der Waals surface area contributed by atoms with Crippen LogP contribution in [0.15, 0.2) is 33.9 Å². The van der Waals surface area contributed by atoms with Crippen molar-refractivity contribution in [3.63, 3.8) is 0 Å². The highest BCUT2D eigenvalue weighted by atomic mass is 16.1. The Kier molecular flexibility index (Phi) is 2.48. The van der Waals surface area contributed by atoms with Crippen LogP contribution in [0.2, 0.25) is 0 Å². The number of aromatic nitrogens is 3. The Morgan fingerprint density at radius 2 is 2.00 bits per heavy atom. The van der Waals surface area contributed by atoms with E-state index in [1.54, 1.807) is 19.1 Å². The quantitative estimate of drug-likeness (QED) is 0.671. The second kappa shape index (κ2) is 4.05. The van der Waals surface area contributed by atoms with E-state index in [-0.39, 0.29) is 16.4 Å². The van der Waals surface area contributed by atoms with Gasteiger partial charge in [-0.3, -0.25) is 9.59 Å². The fourth-order valence-corrected chi connectivity index (χ4v) is 2.44. The van der Waals surface area contributed by atoms with Gasteiger partial charge in [0.25, 0.3) is 5.56 Å². The second-order valence-electron chi connectivity index (χ2n) is 4.44. The van der Waals surface area contributed by atoms with Gasteiger partial charge in [-0.15, -0.1) is 0 Å². The van der Waals surface area contributed by atoms with Crippen molar-refractivity contribution in [3.8, 4) is 0 Å². The summed E-state index contributed by atoms with van der Waals surface area (Å²) in [5.41, 5.74) is 0.622. The van der Waals surface area contributed by atoms with Crippen LogP contribution in [0.3, 0.4) is 0 Å². The molecule has 0 spiro atoms. The molecule has 0 aliphatic rings. The molecular formula is C14H13N3O2. The summed E-state index contributed by atoms with van der Waals surface area (Å²) >= 11 is 0. The predicted octanol–water partition coefficient (Wildman–Crippen LogP) is 1.57. The zero-order chi connectivity index (χ0) is 13.6. The molecule has 0 aliphatic heterocycles. The van der Waals surface area contributed by atoms with Crippen molar-refractivity contribution >= 4 is 21.9 Å². The molecule has 1 N–H and O–H groups in total. The van der Waals surface area contributed by atoms with E-state index in [4.69, 9.17) is 0 Å². The van der Waals surface area contributed by atoms with Gasteiger partial charge in [0.05, 0.1) is 5.52 Å². The van der Waals surface area contributed by atoms with Gasteiger partial charge >= 0.3 is 0 Å². The van der Waals surface area contributed by atoms with Crippen LogP contribution < -0.4 is 11.0 Å². The minimum Gasteiger partial charge on any atom is -0.325 e. The van der Waals surface area contributed by atoms with Gasteiger partial charge in [-0.25, -0.2) is 4.98 Å². The van der Waals surface area contributed by atoms with E-state index < -0.39 is 0 Å². The van der Waals surface area contributed by atoms with Crippen LogP contribution in [0.1, 0.15) is 12.7 Å². The Labute approximate surface area is 108 Å². The number of nitrogens with one attached hydrogen (secondary N) is 1. The maximum atomic E-state index is 12.4. The van der Waals surface area contributed by atoms with Gasteiger partial charge in [0.1, 0.15) is 11.2 Å². The minimum atomic E-state index is -0.375. The maximum absolute atomic E-state index is 12.4. The van der Waals surface area contributed by atoms with Crippen molar-refractivity contribution in [2.45, 2.75) is 20.4 Å². The number of H-pyrrole nitrogens is 1. The highest BCUT2D eigenvalue weighted by molar-refractivity contribution is 5.91. The molecule has 0 bridgehead atoms. The number of hydrogen-bond acceptors (Lipinski definition) is 3. The van der Waals surface area contributed by atoms with Crippen LogP contribution >= 0.6 is 0 Å². The van der Waals surface area contributed by atoms with Gasteiger partial charge < -0.3 is 9.55 Å². The number of nitrogens with zero attached hydrogens (tertiary/aromatic N) is 2. The van der Waals surface area contributed by atoms with Crippen LogP contribution in [-0.4, -0.2) is 14.5 Å². The summed E-state index contributed by atoms with van der Waals surface area (Å²) in [5.74, 6) is 0.509. The molecular weight excluding hydrogens is 242 g/mol. The van der Waals surface area contributed by atoms with Crippen LogP contribution in [0.4, 0.5) is 0 Å². The third-order valence-corrected chi connectivity index (χ3v) is 3.26. The molecule has 3 aromatic rings. The molecule has 0 amide bonds. The van der Waals surface area contributed by atoms with E-state index in [0.717, 1.165) is 5.52 Å². The number of fused-ring (bicyclic) bond motifs is 2. The lowest BCUT2D eigenvalue weighted by Crippen LogP contribution is -2.22. The van der Waals surface area contributed by atoms with Gasteiger partial charge in [0, 0.05) is 11.9 Å². The monoisotopic (exact) mass is 255 g/mol. The van der Waals surface area contributed by atoms with Crippen molar-refractivity contribution in [1.29, 1.82) is 0 Å². The highest BCUT2D eigenvalue weighted by Gasteiger charge is 2.13. The van der Waals surface area contributed by atoms with Gasteiger partial charge in [-0.2, -0.15) is 0 Å². The van der Waals surface area contributed by atoms with Gasteiger partial charge in [0.15, 0.2) is 5.65 Å². The van der Waals surface area contributed by atoms with Crippen molar-refractivity contribution in [3.05, 3.63) is 50.7 Å². The number of rotatable bonds is 1. The Bertz CT molecular complexity index is 906. The lowest BCUT2D eigenvalue weighted by molar-refractivity contribution is 0.803. The normalized spacial score (nSPS) is 11.3. The lowest BCUT2D eigenvalue weighted by Gasteiger charge is -2.11. The molecule has 0 aliphatic carbocycles. The Morgan fingerprint density at radius 3 is 2.74 bits per heavy atom. The van der Waals surface area contributed by atoms with Crippen molar-refractivity contribution in [2.24, 2.45) is 0 Å². The third-order valence-electron chi connectivity index (χ3n) is 3.26. The number of aryl methyl sites for hydroxylation is 2. The largest absolute Gasteiger partial charge is 0.325 e. The number of aromatic amines is 1. The van der Waals surface area contributed by atoms with Crippen LogP contribution in [0.5, 0.6) is 0 Å². The summed E-state index contributed by atoms with van der Waals surface area (Å²) < 4.78 is 1.90. The molecule has 0 atom stereocenters. The van der Waals surface area contributed by atoms with Crippen molar-refractivity contribution in [1.82, 2.24) is 14.5 Å². The standard InChI is InChI=1S/C14H13N3O2/c1-3-17-10-7-5-4-6-9(10)12(18)11-13(17)15-8(2)16-14(11)19/h4-7H,3H2,1-2H3,(H,15,16,19). The van der Waals surface area contributed by atoms with E-state index >= 15 is 0 Å². The van der Waals surface area contributed by atoms with E-state index in [0.29, 0.717) is 23.4 Å². The molecule has 19 heavy (non-hydrogen) atoms. The topological polar surface area (TPSA) is 67.8 Å². The summed E-state index contributed by atoms with van der Waals surface area (Å²) in [5, 5.41) is 0.680. The maximum Gasteiger partial charge on any atom is 0.264 e. The first-order chi connectivity index (χ1) is 9.13. The number of hydrogen-bond donors (Lipinski definition) is 1. The molecule has 5 heteroatoms. The molecule has 0 unspecified atom stereocenters. The number of para-hydroxylation sites is 1. The summed E-state index contributed by atoms with van der Waals surface area (Å²) in [6, 6.07) is 7.28. The fraction of sp³-hybridized carbons (Fsp3) is 0.214. The summed E-state index contributed by atoms with van der Waals surface area (Å²) in [6.45, 7) is 4.32. The molecule has 5 nitrogen and oxygen atoms in total. The smallest absolute Gasteiger partial charge is 0.264 e. The fourth-order valence-electron chi connectivity index (χ4n) is 2.44. The van der Waals surface area contributed by atoms with Crippen LogP contribution in [-0.2, 0) is 6.54 Å².